The highest BCUT2D eigenvalue weighted by Crippen LogP contribution is 2.33. The predicted octanol–water partition coefficient (Wildman–Crippen LogP) is 3.89. The number of methoxy groups -OCH3 is 1. The van der Waals surface area contributed by atoms with E-state index >= 15 is 0 Å². The molecule has 0 fully saturated rings. The highest BCUT2D eigenvalue weighted by atomic mass is 16.5. The van der Waals surface area contributed by atoms with Crippen LogP contribution in [-0.2, 0) is 13.0 Å². The molecular formula is C22H22N6O2. The fraction of sp³-hybridized carbons (Fsp3) is 0.227. The number of benzene rings is 2. The molecule has 5 rings (SSSR count). The summed E-state index contributed by atoms with van der Waals surface area (Å²) >= 11 is 0. The molecule has 1 aliphatic heterocycles. The van der Waals surface area contributed by atoms with Gasteiger partial charge in [0.2, 0.25) is 5.95 Å². The second kappa shape index (κ2) is 7.64. The molecule has 2 N–H and O–H groups in total. The zero-order valence-electron chi connectivity index (χ0n) is 16.8. The predicted molar refractivity (Wildman–Crippen MR) is 115 cm³/mol. The lowest BCUT2D eigenvalue weighted by Crippen LogP contribution is -2.26. The molecule has 0 aliphatic carbocycles. The smallest absolute Gasteiger partial charge is 0.227 e. The van der Waals surface area contributed by atoms with Gasteiger partial charge in [0.1, 0.15) is 11.5 Å². The van der Waals surface area contributed by atoms with Crippen LogP contribution in [-0.4, -0.2) is 45.8 Å². The van der Waals surface area contributed by atoms with E-state index in [1.54, 1.807) is 25.7 Å². The molecule has 3 heterocycles. The molecule has 0 radical (unpaired) electrons. The maximum atomic E-state index is 5.79. The lowest BCUT2D eigenvalue weighted by atomic mass is 9.99. The van der Waals surface area contributed by atoms with Crippen LogP contribution in [0.15, 0.2) is 48.9 Å². The van der Waals surface area contributed by atoms with Crippen LogP contribution in [0, 0.1) is 0 Å². The molecule has 8 heteroatoms. The van der Waals surface area contributed by atoms with Gasteiger partial charge in [-0.2, -0.15) is 5.10 Å². The summed E-state index contributed by atoms with van der Waals surface area (Å²) in [4.78, 5) is 11.4. The number of likely N-dealkylation sites (N-methyl/N-ethyl adjacent to an activating group) is 1. The average molecular weight is 402 g/mol. The van der Waals surface area contributed by atoms with Gasteiger partial charge in [-0.3, -0.25) is 5.10 Å². The molecule has 1 aliphatic rings. The number of aromatic nitrogens is 4. The Hall–Kier alpha value is -3.65. The lowest BCUT2D eigenvalue weighted by Gasteiger charge is -2.26. The monoisotopic (exact) mass is 402 g/mol. The third kappa shape index (κ3) is 3.65. The molecule has 8 nitrogen and oxygen atoms in total. The second-order valence-corrected chi connectivity index (χ2v) is 7.38. The minimum absolute atomic E-state index is 0.505. The van der Waals surface area contributed by atoms with E-state index in [2.05, 4.69) is 49.6 Å². The number of ether oxygens (including phenoxy) is 2. The van der Waals surface area contributed by atoms with Gasteiger partial charge in [-0.1, -0.05) is 0 Å². The molecule has 2 aromatic carbocycles. The van der Waals surface area contributed by atoms with Gasteiger partial charge in [0, 0.05) is 30.7 Å². The Balaban J connectivity index is 1.45. The first-order chi connectivity index (χ1) is 14.7. The molecule has 0 amide bonds. The molecule has 0 atom stereocenters. The van der Waals surface area contributed by atoms with Gasteiger partial charge >= 0.3 is 0 Å². The summed E-state index contributed by atoms with van der Waals surface area (Å²) in [6.45, 7) is 1.97. The summed E-state index contributed by atoms with van der Waals surface area (Å²) in [7, 11) is 3.82. The number of hydrogen-bond donors (Lipinski definition) is 2. The molecule has 152 valence electrons. The van der Waals surface area contributed by atoms with Crippen LogP contribution in [0.5, 0.6) is 17.2 Å². The van der Waals surface area contributed by atoms with Gasteiger partial charge in [-0.05, 0) is 48.9 Å². The second-order valence-electron chi connectivity index (χ2n) is 7.38. The first kappa shape index (κ1) is 18.4. The Morgan fingerprint density at radius 3 is 2.87 bits per heavy atom. The van der Waals surface area contributed by atoms with Crippen LogP contribution in [0.2, 0.25) is 0 Å². The molecule has 0 saturated carbocycles. The topological polar surface area (TPSA) is 88.2 Å². The van der Waals surface area contributed by atoms with Crippen molar-refractivity contribution in [3.8, 4) is 17.2 Å². The number of aromatic amines is 1. The highest BCUT2D eigenvalue weighted by Gasteiger charge is 2.17. The Kier molecular flexibility index (Phi) is 4.68. The van der Waals surface area contributed by atoms with E-state index in [0.717, 1.165) is 41.9 Å². The SMILES string of the molecule is COc1cc2c(cc1Nc1ncc3ccc(Oc4cn[nH]c4)cc3n1)CN(C)CC2. The van der Waals surface area contributed by atoms with Crippen LogP contribution in [0.4, 0.5) is 11.6 Å². The molecule has 2 aromatic heterocycles. The van der Waals surface area contributed by atoms with Gasteiger partial charge in [0.15, 0.2) is 5.75 Å². The van der Waals surface area contributed by atoms with E-state index in [9.17, 15) is 0 Å². The van der Waals surface area contributed by atoms with Crippen molar-refractivity contribution in [2.24, 2.45) is 0 Å². The van der Waals surface area contributed by atoms with Crippen molar-refractivity contribution in [2.45, 2.75) is 13.0 Å². The Bertz CT molecular complexity index is 1190. The zero-order valence-corrected chi connectivity index (χ0v) is 16.8. The first-order valence-electron chi connectivity index (χ1n) is 9.77. The Morgan fingerprint density at radius 2 is 2.03 bits per heavy atom. The summed E-state index contributed by atoms with van der Waals surface area (Å²) in [6, 6.07) is 9.95. The molecule has 0 saturated heterocycles. The number of fused-ring (bicyclic) bond motifs is 2. The van der Waals surface area contributed by atoms with E-state index in [4.69, 9.17) is 9.47 Å². The number of hydrogen-bond acceptors (Lipinski definition) is 7. The largest absolute Gasteiger partial charge is 0.495 e. The number of anilines is 2. The van der Waals surface area contributed by atoms with E-state index in [1.807, 2.05) is 18.2 Å². The molecule has 0 unspecified atom stereocenters. The molecule has 0 spiro atoms. The van der Waals surface area contributed by atoms with Crippen molar-refractivity contribution in [2.75, 3.05) is 26.0 Å². The van der Waals surface area contributed by atoms with Gasteiger partial charge in [0.25, 0.3) is 0 Å². The van der Waals surface area contributed by atoms with Crippen molar-refractivity contribution < 1.29 is 9.47 Å². The maximum Gasteiger partial charge on any atom is 0.227 e. The van der Waals surface area contributed by atoms with Crippen LogP contribution in [0.25, 0.3) is 10.9 Å². The lowest BCUT2D eigenvalue weighted by molar-refractivity contribution is 0.312. The zero-order chi connectivity index (χ0) is 20.5. The summed E-state index contributed by atoms with van der Waals surface area (Å²) in [5.41, 5.74) is 4.27. The van der Waals surface area contributed by atoms with Crippen LogP contribution >= 0.6 is 0 Å². The van der Waals surface area contributed by atoms with Crippen molar-refractivity contribution in [1.82, 2.24) is 25.1 Å². The number of H-pyrrole nitrogens is 1. The molecule has 4 aromatic rings. The number of nitrogens with one attached hydrogen (secondary N) is 2. The fourth-order valence-electron chi connectivity index (χ4n) is 3.67. The summed E-state index contributed by atoms with van der Waals surface area (Å²) in [5.74, 6) is 2.62. The maximum absolute atomic E-state index is 5.79. The van der Waals surface area contributed by atoms with Gasteiger partial charge in [0.05, 0.1) is 30.7 Å². The highest BCUT2D eigenvalue weighted by molar-refractivity contribution is 5.81. The van der Waals surface area contributed by atoms with Crippen LogP contribution in [0.3, 0.4) is 0 Å². The van der Waals surface area contributed by atoms with Gasteiger partial charge in [-0.25, -0.2) is 9.97 Å². The van der Waals surface area contributed by atoms with E-state index in [0.29, 0.717) is 17.4 Å². The van der Waals surface area contributed by atoms with Crippen molar-refractivity contribution in [3.05, 3.63) is 60.0 Å². The van der Waals surface area contributed by atoms with Gasteiger partial charge in [-0.15, -0.1) is 0 Å². The van der Waals surface area contributed by atoms with Crippen molar-refractivity contribution in [1.29, 1.82) is 0 Å². The fourth-order valence-corrected chi connectivity index (χ4v) is 3.67. The van der Waals surface area contributed by atoms with E-state index in [-0.39, 0.29) is 0 Å². The minimum atomic E-state index is 0.505. The Morgan fingerprint density at radius 1 is 1.10 bits per heavy atom. The minimum Gasteiger partial charge on any atom is -0.495 e. The third-order valence-electron chi connectivity index (χ3n) is 5.23. The van der Waals surface area contributed by atoms with Crippen molar-refractivity contribution in [3.63, 3.8) is 0 Å². The quantitative estimate of drug-likeness (QED) is 0.524. The van der Waals surface area contributed by atoms with E-state index < -0.39 is 0 Å². The number of nitrogens with zero attached hydrogens (tertiary/aromatic N) is 4. The summed E-state index contributed by atoms with van der Waals surface area (Å²) < 4.78 is 11.4. The number of rotatable bonds is 5. The molecule has 0 bridgehead atoms. The first-order valence-corrected chi connectivity index (χ1v) is 9.77. The normalized spacial score (nSPS) is 13.8. The third-order valence-corrected chi connectivity index (χ3v) is 5.23. The Labute approximate surface area is 173 Å². The summed E-state index contributed by atoms with van der Waals surface area (Å²) in [6.07, 6.45) is 6.13. The van der Waals surface area contributed by atoms with E-state index in [1.165, 1.54) is 11.1 Å². The summed E-state index contributed by atoms with van der Waals surface area (Å²) in [5, 5.41) is 10.9. The average Bonchev–Trinajstić information content (AvgIpc) is 3.26. The van der Waals surface area contributed by atoms with Crippen LogP contribution < -0.4 is 14.8 Å². The standard InChI is InChI=1S/C22H22N6O2/c1-28-6-5-14-8-21(29-2)20(7-16(14)13-28)27-22-23-10-15-3-4-17(9-19(15)26-22)30-18-11-24-25-12-18/h3-4,7-12H,5-6,13H2,1-2H3,(H,24,25)(H,23,26,27). The van der Waals surface area contributed by atoms with Gasteiger partial charge < -0.3 is 19.7 Å². The van der Waals surface area contributed by atoms with Crippen LogP contribution in [0.1, 0.15) is 11.1 Å². The molecule has 30 heavy (non-hydrogen) atoms. The van der Waals surface area contributed by atoms with Crippen molar-refractivity contribution >= 4 is 22.5 Å². The molecular weight excluding hydrogens is 380 g/mol.